The number of ether oxygens (including phenoxy) is 3. The Balaban J connectivity index is 4.22. The van der Waals surface area contributed by atoms with Gasteiger partial charge < -0.3 is 23.8 Å². The van der Waals surface area contributed by atoms with Gasteiger partial charge in [0.05, 0.1) is 34.4 Å². The van der Waals surface area contributed by atoms with Crippen molar-refractivity contribution in [2.45, 2.75) is 244 Å². The van der Waals surface area contributed by atoms with Crippen LogP contribution in [0, 0.1) is 0 Å². The van der Waals surface area contributed by atoms with E-state index in [1.54, 1.807) is 0 Å². The molecule has 0 aromatic rings. The number of hydrogen-bond donors (Lipinski definition) is 1. The normalized spacial score (nSPS) is 13.3. The molecule has 0 saturated heterocycles. The number of rotatable bonds is 48. The molecule has 376 valence electrons. The van der Waals surface area contributed by atoms with Crippen molar-refractivity contribution in [3.63, 3.8) is 0 Å². The van der Waals surface area contributed by atoms with Gasteiger partial charge in [-0.25, -0.2) is 4.79 Å². The number of carboxylic acid groups (broad SMARTS) is 1. The first-order chi connectivity index (χ1) is 31.6. The molecule has 8 heteroatoms. The Morgan fingerprint density at radius 3 is 1.29 bits per heavy atom. The lowest BCUT2D eigenvalue weighted by Gasteiger charge is -2.31. The molecular formula is C57H102NO7+. The van der Waals surface area contributed by atoms with E-state index in [0.717, 1.165) is 77.0 Å². The summed E-state index contributed by atoms with van der Waals surface area (Å²) in [4.78, 5) is 37.2. The Labute approximate surface area is 400 Å². The minimum Gasteiger partial charge on any atom is -0.477 e. The molecule has 0 aliphatic rings. The number of carbonyl (C=O) groups is 3. The number of carboxylic acids is 1. The molecule has 0 aromatic heterocycles. The zero-order chi connectivity index (χ0) is 47.7. The van der Waals surface area contributed by atoms with Crippen LogP contribution in [0.15, 0.2) is 60.8 Å². The fraction of sp³-hybridized carbons (Fsp3) is 0.772. The number of nitrogens with zero attached hydrogens (tertiary/aromatic N) is 1. The second kappa shape index (κ2) is 47.5. The second-order valence-electron chi connectivity index (χ2n) is 19.1. The van der Waals surface area contributed by atoms with Crippen LogP contribution in [0.4, 0.5) is 0 Å². The van der Waals surface area contributed by atoms with E-state index >= 15 is 0 Å². The highest BCUT2D eigenvalue weighted by Gasteiger charge is 2.31. The molecule has 0 rings (SSSR count). The van der Waals surface area contributed by atoms with E-state index in [0.29, 0.717) is 19.3 Å². The maximum Gasteiger partial charge on any atom is 0.362 e. The third-order valence-electron chi connectivity index (χ3n) is 11.9. The van der Waals surface area contributed by atoms with E-state index in [2.05, 4.69) is 74.6 Å². The molecule has 0 aliphatic carbocycles. The summed E-state index contributed by atoms with van der Waals surface area (Å²) in [7, 11) is 5.53. The number of hydrogen-bond acceptors (Lipinski definition) is 6. The molecule has 0 radical (unpaired) electrons. The van der Waals surface area contributed by atoms with Crippen LogP contribution < -0.4 is 0 Å². The summed E-state index contributed by atoms with van der Waals surface area (Å²) in [5, 5.41) is 9.66. The van der Waals surface area contributed by atoms with Crippen LogP contribution in [0.25, 0.3) is 0 Å². The second-order valence-corrected chi connectivity index (χ2v) is 19.1. The fourth-order valence-corrected chi connectivity index (χ4v) is 7.78. The molecule has 2 atom stereocenters. The molecule has 0 bridgehead atoms. The predicted octanol–water partition coefficient (Wildman–Crippen LogP) is 15.7. The van der Waals surface area contributed by atoms with Crippen molar-refractivity contribution in [3.8, 4) is 0 Å². The van der Waals surface area contributed by atoms with Crippen molar-refractivity contribution < 1.29 is 38.2 Å². The number of carbonyl (C=O) groups excluding carboxylic acids is 2. The summed E-state index contributed by atoms with van der Waals surface area (Å²) >= 11 is 0. The Morgan fingerprint density at radius 2 is 0.862 bits per heavy atom. The lowest BCUT2D eigenvalue weighted by atomic mass is 10.1. The summed E-state index contributed by atoms with van der Waals surface area (Å²) in [5.74, 6) is -1.48. The summed E-state index contributed by atoms with van der Waals surface area (Å²) in [6.07, 6.45) is 59.9. The van der Waals surface area contributed by atoms with E-state index in [-0.39, 0.29) is 36.2 Å². The predicted molar refractivity (Wildman–Crippen MR) is 275 cm³/mol. The minimum atomic E-state index is -0.876. The van der Waals surface area contributed by atoms with Crippen LogP contribution in [0.3, 0.4) is 0 Å². The zero-order valence-electron chi connectivity index (χ0n) is 42.9. The molecule has 1 N–H and O–H groups in total. The van der Waals surface area contributed by atoms with E-state index < -0.39 is 18.1 Å². The number of unbranched alkanes of at least 4 members (excludes halogenated alkanes) is 24. The van der Waals surface area contributed by atoms with Gasteiger partial charge in [0.1, 0.15) is 6.61 Å². The minimum absolute atomic E-state index is 0.0560. The molecule has 0 amide bonds. The molecule has 65 heavy (non-hydrogen) atoms. The molecule has 0 saturated carbocycles. The van der Waals surface area contributed by atoms with E-state index in [4.69, 9.17) is 14.2 Å². The SMILES string of the molecule is CC/C=C/C/C=C/C/C=C/C/C=C/CCCCCCCCCCCCC(=O)OCC(COCCC(C(=O)O)[N+](C)(C)C)OC(=O)CCCCCCC/C=C/CCCCCCCCCCC. The average molecular weight is 913 g/mol. The van der Waals surface area contributed by atoms with E-state index in [9.17, 15) is 19.5 Å². The van der Waals surface area contributed by atoms with E-state index in [1.807, 2.05) is 21.1 Å². The molecular weight excluding hydrogens is 811 g/mol. The van der Waals surface area contributed by atoms with Gasteiger partial charge in [0, 0.05) is 19.3 Å². The maximum atomic E-state index is 12.8. The van der Waals surface area contributed by atoms with Crippen molar-refractivity contribution in [1.82, 2.24) is 0 Å². The van der Waals surface area contributed by atoms with Crippen LogP contribution in [-0.4, -0.2) is 80.6 Å². The van der Waals surface area contributed by atoms with Gasteiger partial charge in [0.25, 0.3) is 0 Å². The average Bonchev–Trinajstić information content (AvgIpc) is 3.27. The van der Waals surface area contributed by atoms with Gasteiger partial charge in [-0.2, -0.15) is 0 Å². The Bertz CT molecular complexity index is 1250. The van der Waals surface area contributed by atoms with Crippen molar-refractivity contribution in [1.29, 1.82) is 0 Å². The lowest BCUT2D eigenvalue weighted by molar-refractivity contribution is -0.887. The molecule has 0 spiro atoms. The number of allylic oxidation sites excluding steroid dienone is 10. The van der Waals surface area contributed by atoms with Gasteiger partial charge in [0.15, 0.2) is 12.1 Å². The van der Waals surface area contributed by atoms with Crippen molar-refractivity contribution in [2.24, 2.45) is 0 Å². The highest BCUT2D eigenvalue weighted by atomic mass is 16.6. The molecule has 0 aromatic carbocycles. The Kier molecular flexibility index (Phi) is 45.3. The monoisotopic (exact) mass is 913 g/mol. The van der Waals surface area contributed by atoms with E-state index in [1.165, 1.54) is 122 Å². The number of likely N-dealkylation sites (N-methyl/N-ethyl adjacent to an activating group) is 1. The zero-order valence-corrected chi connectivity index (χ0v) is 42.9. The van der Waals surface area contributed by atoms with Crippen molar-refractivity contribution in [2.75, 3.05) is 41.0 Å². The smallest absolute Gasteiger partial charge is 0.362 e. The Morgan fingerprint density at radius 1 is 0.477 bits per heavy atom. The molecule has 0 aliphatic heterocycles. The first-order valence-electron chi connectivity index (χ1n) is 26.8. The van der Waals surface area contributed by atoms with Gasteiger partial charge in [-0.05, 0) is 77.0 Å². The molecule has 0 fully saturated rings. The van der Waals surface area contributed by atoms with Crippen LogP contribution in [-0.2, 0) is 28.6 Å². The lowest BCUT2D eigenvalue weighted by Crippen LogP contribution is -2.50. The summed E-state index contributed by atoms with van der Waals surface area (Å²) in [6, 6.07) is -0.619. The molecule has 2 unspecified atom stereocenters. The van der Waals surface area contributed by atoms with Crippen molar-refractivity contribution in [3.05, 3.63) is 60.8 Å². The molecule has 8 nitrogen and oxygen atoms in total. The van der Waals surface area contributed by atoms with Crippen LogP contribution in [0.2, 0.25) is 0 Å². The summed E-state index contributed by atoms with van der Waals surface area (Å²) < 4.78 is 17.4. The Hall–Kier alpha value is -2.97. The quantitative estimate of drug-likeness (QED) is 0.0281. The number of quaternary nitrogens is 1. The van der Waals surface area contributed by atoms with Gasteiger partial charge >= 0.3 is 17.9 Å². The van der Waals surface area contributed by atoms with Crippen LogP contribution >= 0.6 is 0 Å². The fourth-order valence-electron chi connectivity index (χ4n) is 7.78. The van der Waals surface area contributed by atoms with Crippen LogP contribution in [0.5, 0.6) is 0 Å². The number of aliphatic carboxylic acids is 1. The number of esters is 2. The van der Waals surface area contributed by atoms with Gasteiger partial charge in [-0.1, -0.05) is 197 Å². The highest BCUT2D eigenvalue weighted by Crippen LogP contribution is 2.15. The largest absolute Gasteiger partial charge is 0.477 e. The third kappa shape index (κ3) is 46.0. The standard InChI is InChI=1S/C57H101NO7/c1-6-8-10-12-14-16-18-20-22-24-26-27-28-29-30-32-33-35-37-39-41-43-45-47-55(59)64-52-53(51-63-50-49-54(57(61)62)58(3,4)5)65-56(60)48-46-44-42-40-38-36-34-31-25-23-21-19-17-15-13-11-9-7-2/h8,10,14,16,20,22,26-27,31,34,53-54H,6-7,9,11-13,15,17-19,21,23-25,28-30,32-33,35-52H2,1-5H3/p+1/b10-8+,16-14+,22-20+,27-26+,34-31+. The van der Waals surface area contributed by atoms with Gasteiger partial charge in [-0.15, -0.1) is 0 Å². The third-order valence-corrected chi connectivity index (χ3v) is 11.9. The maximum absolute atomic E-state index is 12.8. The van der Waals surface area contributed by atoms with Gasteiger partial charge in [-0.3, -0.25) is 9.59 Å². The molecule has 0 heterocycles. The highest BCUT2D eigenvalue weighted by molar-refractivity contribution is 5.72. The summed E-state index contributed by atoms with van der Waals surface area (Å²) in [5.41, 5.74) is 0. The first kappa shape index (κ1) is 62.0. The topological polar surface area (TPSA) is 99.1 Å². The van der Waals surface area contributed by atoms with Gasteiger partial charge in [0.2, 0.25) is 0 Å². The summed E-state index contributed by atoms with van der Waals surface area (Å²) in [6.45, 7) is 4.63. The van der Waals surface area contributed by atoms with Crippen molar-refractivity contribution >= 4 is 17.9 Å². The first-order valence-corrected chi connectivity index (χ1v) is 26.8. The van der Waals surface area contributed by atoms with Crippen LogP contribution in [0.1, 0.15) is 232 Å².